The lowest BCUT2D eigenvalue weighted by Crippen LogP contribution is -2.33. The van der Waals surface area contributed by atoms with Crippen molar-refractivity contribution in [2.24, 2.45) is 10.7 Å². The number of aromatic nitrogens is 2. The van der Waals surface area contributed by atoms with E-state index in [0.717, 1.165) is 13.0 Å². The van der Waals surface area contributed by atoms with E-state index >= 15 is 0 Å². The Balaban J connectivity index is 0.00000264. The largest absolute Gasteiger partial charge is 0.370 e. The number of hydrogen-bond donors (Lipinski definition) is 2. The number of rotatable bonds is 5. The second-order valence-corrected chi connectivity index (χ2v) is 6.13. The summed E-state index contributed by atoms with van der Waals surface area (Å²) in [5, 5.41) is 6.99. The standard InChI is InChI=1S/C16H23N5O.HI/c1-16(2,3)14-20-13(21-22-14)11-19-15(17)18-10-9-12-7-5-4-6-8-12;/h4-8H,9-11H2,1-3H3,(H3,17,18,19);1H. The molecule has 126 valence electrons. The van der Waals surface area contributed by atoms with E-state index in [2.05, 4.69) is 32.6 Å². The van der Waals surface area contributed by atoms with Crippen molar-refractivity contribution in [3.05, 3.63) is 47.6 Å². The first-order valence-corrected chi connectivity index (χ1v) is 7.36. The highest BCUT2D eigenvalue weighted by Crippen LogP contribution is 2.19. The molecular weight excluding hydrogens is 405 g/mol. The minimum absolute atomic E-state index is 0. The Hall–Kier alpha value is -1.64. The lowest BCUT2D eigenvalue weighted by Gasteiger charge is -2.10. The van der Waals surface area contributed by atoms with Crippen LogP contribution in [-0.2, 0) is 18.4 Å². The van der Waals surface area contributed by atoms with Gasteiger partial charge < -0.3 is 15.6 Å². The van der Waals surface area contributed by atoms with Crippen molar-refractivity contribution < 1.29 is 4.52 Å². The molecule has 0 saturated heterocycles. The van der Waals surface area contributed by atoms with Crippen LogP contribution in [0.4, 0.5) is 0 Å². The van der Waals surface area contributed by atoms with Gasteiger partial charge in [0, 0.05) is 12.0 Å². The lowest BCUT2D eigenvalue weighted by atomic mass is 9.97. The molecule has 7 heteroatoms. The third kappa shape index (κ3) is 6.55. The van der Waals surface area contributed by atoms with Crippen molar-refractivity contribution in [1.82, 2.24) is 15.5 Å². The molecule has 6 nitrogen and oxygen atoms in total. The molecule has 3 N–H and O–H groups in total. The predicted molar refractivity (Wildman–Crippen MR) is 102 cm³/mol. The van der Waals surface area contributed by atoms with Gasteiger partial charge in [-0.05, 0) is 12.0 Å². The summed E-state index contributed by atoms with van der Waals surface area (Å²) >= 11 is 0. The highest BCUT2D eigenvalue weighted by Gasteiger charge is 2.21. The minimum Gasteiger partial charge on any atom is -0.370 e. The minimum atomic E-state index is -0.158. The smallest absolute Gasteiger partial charge is 0.232 e. The molecule has 1 aromatic carbocycles. The molecule has 0 unspecified atom stereocenters. The molecule has 1 aromatic heterocycles. The summed E-state index contributed by atoms with van der Waals surface area (Å²) < 4.78 is 5.21. The van der Waals surface area contributed by atoms with E-state index in [1.807, 2.05) is 39.0 Å². The van der Waals surface area contributed by atoms with Crippen molar-refractivity contribution in [2.45, 2.75) is 39.2 Å². The molecule has 0 aliphatic carbocycles. The molecule has 0 radical (unpaired) electrons. The van der Waals surface area contributed by atoms with Gasteiger partial charge in [-0.3, -0.25) is 0 Å². The Labute approximate surface area is 154 Å². The molecule has 0 amide bonds. The van der Waals surface area contributed by atoms with E-state index in [-0.39, 0.29) is 29.4 Å². The van der Waals surface area contributed by atoms with Gasteiger partial charge in [-0.2, -0.15) is 4.98 Å². The summed E-state index contributed by atoms with van der Waals surface area (Å²) in [6, 6.07) is 10.2. The number of nitrogens with one attached hydrogen (secondary N) is 1. The molecule has 0 fully saturated rings. The third-order valence-corrected chi connectivity index (χ3v) is 3.06. The van der Waals surface area contributed by atoms with E-state index in [4.69, 9.17) is 10.3 Å². The van der Waals surface area contributed by atoms with Crippen LogP contribution < -0.4 is 11.1 Å². The molecule has 0 aliphatic heterocycles. The first-order chi connectivity index (χ1) is 10.4. The van der Waals surface area contributed by atoms with Crippen LogP contribution in [0.1, 0.15) is 38.0 Å². The van der Waals surface area contributed by atoms with Crippen molar-refractivity contribution in [1.29, 1.82) is 0 Å². The van der Waals surface area contributed by atoms with Crippen LogP contribution in [-0.4, -0.2) is 22.6 Å². The van der Waals surface area contributed by atoms with Crippen LogP contribution in [0.25, 0.3) is 0 Å². The van der Waals surface area contributed by atoms with E-state index in [1.165, 1.54) is 5.56 Å². The molecule has 1 heterocycles. The summed E-state index contributed by atoms with van der Waals surface area (Å²) in [5.74, 6) is 1.53. The van der Waals surface area contributed by atoms with Crippen molar-refractivity contribution in [3.8, 4) is 0 Å². The van der Waals surface area contributed by atoms with E-state index in [9.17, 15) is 0 Å². The molecule has 0 bridgehead atoms. The quantitative estimate of drug-likeness (QED) is 0.434. The highest BCUT2D eigenvalue weighted by molar-refractivity contribution is 14.0. The van der Waals surface area contributed by atoms with Gasteiger partial charge >= 0.3 is 0 Å². The van der Waals surface area contributed by atoms with Crippen LogP contribution in [0, 0.1) is 0 Å². The van der Waals surface area contributed by atoms with Crippen LogP contribution >= 0.6 is 24.0 Å². The normalized spacial score (nSPS) is 11.9. The molecular formula is C16H24IN5O. The zero-order valence-corrected chi connectivity index (χ0v) is 16.1. The van der Waals surface area contributed by atoms with E-state index in [1.54, 1.807) is 0 Å². The fourth-order valence-electron chi connectivity index (χ4n) is 1.81. The number of benzene rings is 1. The number of aliphatic imine (C=N–C) groups is 1. The van der Waals surface area contributed by atoms with Gasteiger partial charge in [0.15, 0.2) is 11.8 Å². The molecule has 0 atom stereocenters. The molecule has 0 aliphatic rings. The van der Waals surface area contributed by atoms with Gasteiger partial charge in [0.05, 0.1) is 0 Å². The molecule has 0 spiro atoms. The number of nitrogens with zero attached hydrogens (tertiary/aromatic N) is 3. The van der Waals surface area contributed by atoms with Crippen LogP contribution in [0.15, 0.2) is 39.8 Å². The second-order valence-electron chi connectivity index (χ2n) is 6.13. The summed E-state index contributed by atoms with van der Waals surface area (Å²) in [7, 11) is 0. The Kier molecular flexibility index (Phi) is 7.47. The number of halogens is 1. The number of guanidine groups is 1. The Morgan fingerprint density at radius 2 is 1.96 bits per heavy atom. The molecule has 2 aromatic rings. The zero-order chi connectivity index (χ0) is 16.0. The summed E-state index contributed by atoms with van der Waals surface area (Å²) in [6.07, 6.45) is 0.896. The number of nitrogens with two attached hydrogens (primary N) is 1. The van der Waals surface area contributed by atoms with Gasteiger partial charge in [0.2, 0.25) is 5.89 Å². The maximum atomic E-state index is 5.83. The van der Waals surface area contributed by atoms with E-state index in [0.29, 0.717) is 24.2 Å². The van der Waals surface area contributed by atoms with Crippen molar-refractivity contribution in [3.63, 3.8) is 0 Å². The Morgan fingerprint density at radius 1 is 1.26 bits per heavy atom. The average molecular weight is 429 g/mol. The van der Waals surface area contributed by atoms with Crippen LogP contribution in [0.2, 0.25) is 0 Å². The molecule has 2 rings (SSSR count). The van der Waals surface area contributed by atoms with Gasteiger partial charge in [0.25, 0.3) is 0 Å². The summed E-state index contributed by atoms with van der Waals surface area (Å²) in [4.78, 5) is 8.53. The second kappa shape index (κ2) is 8.85. The summed E-state index contributed by atoms with van der Waals surface area (Å²) in [5.41, 5.74) is 6.93. The topological polar surface area (TPSA) is 89.3 Å². The summed E-state index contributed by atoms with van der Waals surface area (Å²) in [6.45, 7) is 7.11. The van der Waals surface area contributed by atoms with Crippen LogP contribution in [0.3, 0.4) is 0 Å². The van der Waals surface area contributed by atoms with Gasteiger partial charge in [-0.1, -0.05) is 56.3 Å². The van der Waals surface area contributed by atoms with Gasteiger partial charge in [-0.25, -0.2) is 4.99 Å². The third-order valence-electron chi connectivity index (χ3n) is 3.06. The monoisotopic (exact) mass is 429 g/mol. The Bertz CT molecular complexity index is 619. The van der Waals surface area contributed by atoms with Gasteiger partial charge in [-0.15, -0.1) is 24.0 Å². The molecule has 0 saturated carbocycles. The highest BCUT2D eigenvalue weighted by atomic mass is 127. The first-order valence-electron chi connectivity index (χ1n) is 7.36. The predicted octanol–water partition coefficient (Wildman–Crippen LogP) is 2.63. The van der Waals surface area contributed by atoms with Crippen molar-refractivity contribution >= 4 is 29.9 Å². The average Bonchev–Trinajstić information content (AvgIpc) is 2.95. The maximum absolute atomic E-state index is 5.83. The maximum Gasteiger partial charge on any atom is 0.232 e. The van der Waals surface area contributed by atoms with Crippen molar-refractivity contribution in [2.75, 3.05) is 6.54 Å². The SMILES string of the molecule is CC(C)(C)c1nc(CN=C(N)NCCc2ccccc2)no1.I. The zero-order valence-electron chi connectivity index (χ0n) is 13.7. The lowest BCUT2D eigenvalue weighted by molar-refractivity contribution is 0.318. The Morgan fingerprint density at radius 3 is 2.57 bits per heavy atom. The fourth-order valence-corrected chi connectivity index (χ4v) is 1.81. The fraction of sp³-hybridized carbons (Fsp3) is 0.438. The molecule has 23 heavy (non-hydrogen) atoms. The van der Waals surface area contributed by atoms with Gasteiger partial charge in [0.1, 0.15) is 6.54 Å². The first kappa shape index (κ1) is 19.4. The van der Waals surface area contributed by atoms with Crippen LogP contribution in [0.5, 0.6) is 0 Å². The number of hydrogen-bond acceptors (Lipinski definition) is 4. The van der Waals surface area contributed by atoms with E-state index < -0.39 is 0 Å².